The SMILES string of the molecule is CCCCCCC(CCCCCC)CCOC(=O)CCCCCCCC(CCCCCCCC(=O)OCC12CCC3CC(CC(C3)C1)C2)OC(=O)CCCC. The van der Waals surface area contributed by atoms with Gasteiger partial charge < -0.3 is 14.2 Å². The van der Waals surface area contributed by atoms with E-state index < -0.39 is 0 Å². The third-order valence-electron chi connectivity index (χ3n) is 13.6. The Kier molecular flexibility index (Phi) is 25.7. The molecule has 55 heavy (non-hydrogen) atoms. The van der Waals surface area contributed by atoms with Gasteiger partial charge in [-0.25, -0.2) is 0 Å². The number of carbonyl (C=O) groups excluding carboxylic acids is 3. The summed E-state index contributed by atoms with van der Waals surface area (Å²) in [5.41, 5.74) is 0.283. The minimum atomic E-state index is -0.0488. The molecule has 6 nitrogen and oxygen atoms in total. The zero-order valence-corrected chi connectivity index (χ0v) is 36.5. The minimum Gasteiger partial charge on any atom is -0.466 e. The van der Waals surface area contributed by atoms with Crippen LogP contribution in [0, 0.1) is 29.1 Å². The van der Waals surface area contributed by atoms with Crippen molar-refractivity contribution in [2.24, 2.45) is 29.1 Å². The first-order valence-electron chi connectivity index (χ1n) is 24.3. The van der Waals surface area contributed by atoms with Crippen LogP contribution in [0.15, 0.2) is 0 Å². The van der Waals surface area contributed by atoms with E-state index in [4.69, 9.17) is 14.2 Å². The summed E-state index contributed by atoms with van der Waals surface area (Å²) in [5.74, 6) is 3.33. The summed E-state index contributed by atoms with van der Waals surface area (Å²) >= 11 is 0. The summed E-state index contributed by atoms with van der Waals surface area (Å²) in [6, 6.07) is 0. The second kappa shape index (κ2) is 29.6. The van der Waals surface area contributed by atoms with Gasteiger partial charge >= 0.3 is 17.9 Å². The van der Waals surface area contributed by atoms with Crippen molar-refractivity contribution in [3.8, 4) is 0 Å². The van der Waals surface area contributed by atoms with E-state index >= 15 is 0 Å². The second-order valence-corrected chi connectivity index (χ2v) is 18.8. The number of esters is 3. The fourth-order valence-electron chi connectivity index (χ4n) is 10.5. The van der Waals surface area contributed by atoms with Gasteiger partial charge in [0.15, 0.2) is 0 Å². The van der Waals surface area contributed by atoms with E-state index in [9.17, 15) is 14.4 Å². The molecule has 3 atom stereocenters. The Labute approximate surface area is 339 Å². The highest BCUT2D eigenvalue weighted by atomic mass is 16.5. The lowest BCUT2D eigenvalue weighted by Crippen LogP contribution is -2.37. The molecule has 0 spiro atoms. The molecular weight excluding hydrogens is 685 g/mol. The summed E-state index contributed by atoms with van der Waals surface area (Å²) in [6.07, 6.45) is 39.3. The van der Waals surface area contributed by atoms with Crippen LogP contribution in [-0.2, 0) is 28.6 Å². The molecule has 0 aromatic heterocycles. The van der Waals surface area contributed by atoms with Crippen LogP contribution in [0.5, 0.6) is 0 Å². The molecule has 0 radical (unpaired) electrons. The predicted molar refractivity (Wildman–Crippen MR) is 227 cm³/mol. The Morgan fingerprint density at radius 2 is 0.982 bits per heavy atom. The van der Waals surface area contributed by atoms with Crippen LogP contribution >= 0.6 is 0 Å². The van der Waals surface area contributed by atoms with E-state index in [1.807, 2.05) is 0 Å². The average molecular weight is 773 g/mol. The highest BCUT2D eigenvalue weighted by molar-refractivity contribution is 5.70. The van der Waals surface area contributed by atoms with Crippen molar-refractivity contribution in [2.45, 2.75) is 252 Å². The lowest BCUT2D eigenvalue weighted by Gasteiger charge is -2.44. The standard InChI is InChI=1S/C49H88O6/c1-4-7-10-18-24-41(25-19-11-8-5-2)32-34-53-46(50)29-22-16-12-14-20-26-45(55-48(52)28-9-6-3)27-21-15-13-17-23-30-47(51)54-40-49-33-31-42-35-43(38-49)37-44(36-42)39-49/h41-45H,4-40H2,1-3H3. The van der Waals surface area contributed by atoms with Gasteiger partial charge in [0.25, 0.3) is 0 Å². The number of unbranched alkanes of at least 4 members (excludes halogenated alkanes) is 15. The zero-order chi connectivity index (χ0) is 39.4. The van der Waals surface area contributed by atoms with Crippen molar-refractivity contribution in [3.63, 3.8) is 0 Å². The molecular formula is C49H88O6. The lowest BCUT2D eigenvalue weighted by molar-refractivity contribution is -0.150. The third kappa shape index (κ3) is 21.7. The number of hydrogen-bond acceptors (Lipinski definition) is 6. The molecule has 6 heteroatoms. The molecule has 4 aliphatic carbocycles. The van der Waals surface area contributed by atoms with Crippen molar-refractivity contribution in [3.05, 3.63) is 0 Å². The molecule has 0 aromatic rings. The van der Waals surface area contributed by atoms with E-state index in [1.165, 1.54) is 109 Å². The Morgan fingerprint density at radius 3 is 1.56 bits per heavy atom. The normalized spacial score (nSPS) is 22.1. The monoisotopic (exact) mass is 773 g/mol. The molecule has 0 aromatic carbocycles. The highest BCUT2D eigenvalue weighted by Gasteiger charge is 2.48. The van der Waals surface area contributed by atoms with Crippen molar-refractivity contribution in [1.82, 2.24) is 0 Å². The molecule has 0 amide bonds. The first-order valence-corrected chi connectivity index (χ1v) is 24.3. The van der Waals surface area contributed by atoms with E-state index in [0.717, 1.165) is 114 Å². The lowest BCUT2D eigenvalue weighted by atomic mass is 9.62. The van der Waals surface area contributed by atoms with E-state index in [2.05, 4.69) is 20.8 Å². The largest absolute Gasteiger partial charge is 0.466 e. The van der Waals surface area contributed by atoms with Crippen LogP contribution in [0.25, 0.3) is 0 Å². The van der Waals surface area contributed by atoms with Crippen LogP contribution in [0.4, 0.5) is 0 Å². The van der Waals surface area contributed by atoms with Crippen LogP contribution in [0.2, 0.25) is 0 Å². The van der Waals surface area contributed by atoms with Gasteiger partial charge in [-0.05, 0) is 120 Å². The van der Waals surface area contributed by atoms with E-state index in [0.29, 0.717) is 38.4 Å². The minimum absolute atomic E-state index is 0.00472. The summed E-state index contributed by atoms with van der Waals surface area (Å²) in [4.78, 5) is 37.6. The number of ether oxygens (including phenoxy) is 3. The first kappa shape index (κ1) is 47.8. The van der Waals surface area contributed by atoms with Gasteiger partial charge in [-0.15, -0.1) is 0 Å². The van der Waals surface area contributed by atoms with Gasteiger partial charge in [-0.2, -0.15) is 0 Å². The van der Waals surface area contributed by atoms with E-state index in [1.54, 1.807) is 0 Å². The van der Waals surface area contributed by atoms with Crippen LogP contribution < -0.4 is 0 Å². The van der Waals surface area contributed by atoms with Gasteiger partial charge in [-0.3, -0.25) is 14.4 Å². The zero-order valence-electron chi connectivity index (χ0n) is 36.5. The summed E-state index contributed by atoms with van der Waals surface area (Å²) < 4.78 is 17.5. The Hall–Kier alpha value is -1.59. The van der Waals surface area contributed by atoms with Crippen molar-refractivity contribution < 1.29 is 28.6 Å². The smallest absolute Gasteiger partial charge is 0.306 e. The van der Waals surface area contributed by atoms with Gasteiger partial charge in [0.1, 0.15) is 6.10 Å². The van der Waals surface area contributed by atoms with Crippen LogP contribution in [0.3, 0.4) is 0 Å². The summed E-state index contributed by atoms with van der Waals surface area (Å²) in [7, 11) is 0. The molecule has 0 N–H and O–H groups in total. The first-order chi connectivity index (χ1) is 26.8. The Balaban J connectivity index is 1.20. The van der Waals surface area contributed by atoms with Crippen molar-refractivity contribution in [2.75, 3.05) is 13.2 Å². The molecule has 0 heterocycles. The highest BCUT2D eigenvalue weighted by Crippen LogP contribution is 2.57. The molecule has 4 rings (SSSR count). The molecule has 0 saturated heterocycles. The molecule has 0 aliphatic heterocycles. The fraction of sp³-hybridized carbons (Fsp3) is 0.939. The van der Waals surface area contributed by atoms with Gasteiger partial charge in [0, 0.05) is 24.7 Å². The third-order valence-corrected chi connectivity index (χ3v) is 13.6. The quantitative estimate of drug-likeness (QED) is 0.0363. The summed E-state index contributed by atoms with van der Waals surface area (Å²) in [6.45, 7) is 7.89. The number of hydrogen-bond donors (Lipinski definition) is 0. The second-order valence-electron chi connectivity index (χ2n) is 18.8. The average Bonchev–Trinajstić information content (AvgIpc) is 3.37. The van der Waals surface area contributed by atoms with Crippen LogP contribution in [0.1, 0.15) is 245 Å². The van der Waals surface area contributed by atoms with Gasteiger partial charge in [-0.1, -0.05) is 130 Å². The van der Waals surface area contributed by atoms with Gasteiger partial charge in [0.2, 0.25) is 0 Å². The number of rotatable bonds is 35. The molecule has 3 unspecified atom stereocenters. The van der Waals surface area contributed by atoms with Crippen molar-refractivity contribution >= 4 is 17.9 Å². The Morgan fingerprint density at radius 1 is 0.509 bits per heavy atom. The maximum atomic E-state index is 12.6. The molecule has 4 fully saturated rings. The predicted octanol–water partition coefficient (Wildman–Crippen LogP) is 14.2. The van der Waals surface area contributed by atoms with Crippen molar-refractivity contribution in [1.29, 1.82) is 0 Å². The molecule has 320 valence electrons. The van der Waals surface area contributed by atoms with Crippen LogP contribution in [-0.4, -0.2) is 37.2 Å². The topological polar surface area (TPSA) is 78.9 Å². The summed E-state index contributed by atoms with van der Waals surface area (Å²) in [5, 5.41) is 0. The maximum Gasteiger partial charge on any atom is 0.306 e. The van der Waals surface area contributed by atoms with E-state index in [-0.39, 0.29) is 29.4 Å². The maximum absolute atomic E-state index is 12.6. The number of carbonyl (C=O) groups is 3. The molecule has 4 aliphatic rings. The fourth-order valence-corrected chi connectivity index (χ4v) is 10.5. The van der Waals surface area contributed by atoms with Gasteiger partial charge in [0.05, 0.1) is 13.2 Å². The Bertz CT molecular complexity index is 983. The molecule has 4 bridgehead atoms. The molecule has 4 saturated carbocycles. The number of fused-ring (bicyclic) bond motifs is 1.